The van der Waals surface area contributed by atoms with Crippen LogP contribution in [0.2, 0.25) is 0 Å². The molecule has 0 radical (unpaired) electrons. The molecule has 0 saturated heterocycles. The highest BCUT2D eigenvalue weighted by Gasteiger charge is 2.22. The normalized spacial score (nSPS) is 13.1. The van der Waals surface area contributed by atoms with Crippen LogP contribution in [0.15, 0.2) is 12.5 Å². The minimum absolute atomic E-state index is 0.0234. The summed E-state index contributed by atoms with van der Waals surface area (Å²) in [7, 11) is 0. The van der Waals surface area contributed by atoms with E-state index in [9.17, 15) is 9.59 Å². The number of nitrogens with two attached hydrogens (primary N) is 2. The van der Waals surface area contributed by atoms with Gasteiger partial charge in [0, 0.05) is 18.9 Å². The molecule has 0 aromatic carbocycles. The lowest BCUT2D eigenvalue weighted by atomic mass is 10.1. The molecule has 2 aromatic rings. The van der Waals surface area contributed by atoms with Crippen LogP contribution in [0.25, 0.3) is 11.2 Å². The zero-order valence-corrected chi connectivity index (χ0v) is 24.3. The smallest absolute Gasteiger partial charge is 0.323 e. The SMILES string of the molecule is CCCCCCCCCCCCCC(=O)OCC[C@@H](COC(=O)[C@@H](N)C(C)C)Cn1cnc2cnc(N)nc21. The number of carbonyl (C=O) groups is 2. The second kappa shape index (κ2) is 18.5. The molecule has 0 aliphatic rings. The molecular weight excluding hydrogens is 496 g/mol. The summed E-state index contributed by atoms with van der Waals surface area (Å²) in [5.41, 5.74) is 12.9. The van der Waals surface area contributed by atoms with Gasteiger partial charge in [-0.1, -0.05) is 85.0 Å². The maximum atomic E-state index is 12.3. The van der Waals surface area contributed by atoms with E-state index in [4.69, 9.17) is 20.9 Å². The Kier molecular flexibility index (Phi) is 15.4. The first-order chi connectivity index (χ1) is 18.8. The largest absolute Gasteiger partial charge is 0.466 e. The van der Waals surface area contributed by atoms with Crippen molar-refractivity contribution in [3.63, 3.8) is 0 Å². The zero-order chi connectivity index (χ0) is 28.5. The number of rotatable bonds is 21. The average Bonchev–Trinajstić information content (AvgIpc) is 3.30. The lowest BCUT2D eigenvalue weighted by molar-refractivity contribution is -0.149. The van der Waals surface area contributed by atoms with E-state index in [1.165, 1.54) is 57.8 Å². The van der Waals surface area contributed by atoms with E-state index in [0.717, 1.165) is 12.8 Å². The summed E-state index contributed by atoms with van der Waals surface area (Å²) < 4.78 is 12.9. The number of fused-ring (bicyclic) bond motifs is 1. The highest BCUT2D eigenvalue weighted by molar-refractivity contribution is 5.75. The van der Waals surface area contributed by atoms with Crippen molar-refractivity contribution in [1.82, 2.24) is 19.5 Å². The number of hydrogen-bond donors (Lipinski definition) is 2. The van der Waals surface area contributed by atoms with Crippen LogP contribution >= 0.6 is 0 Å². The highest BCUT2D eigenvalue weighted by atomic mass is 16.5. The number of carbonyl (C=O) groups excluding carboxylic acids is 2. The van der Waals surface area contributed by atoms with E-state index in [1.807, 2.05) is 18.4 Å². The lowest BCUT2D eigenvalue weighted by Crippen LogP contribution is -2.38. The fourth-order valence-electron chi connectivity index (χ4n) is 4.42. The topological polar surface area (TPSA) is 148 Å². The third-order valence-electron chi connectivity index (χ3n) is 7.06. The van der Waals surface area contributed by atoms with Gasteiger partial charge in [0.15, 0.2) is 5.65 Å². The monoisotopic (exact) mass is 546 g/mol. The predicted octanol–water partition coefficient (Wildman–Crippen LogP) is 5.19. The van der Waals surface area contributed by atoms with Gasteiger partial charge in [-0.3, -0.25) is 9.59 Å². The number of hydrogen-bond acceptors (Lipinski definition) is 9. The molecule has 2 aromatic heterocycles. The van der Waals surface area contributed by atoms with Crippen LogP contribution in [-0.2, 0) is 25.6 Å². The van der Waals surface area contributed by atoms with Crippen LogP contribution in [-0.4, -0.2) is 50.7 Å². The van der Waals surface area contributed by atoms with Crippen LogP contribution in [0.3, 0.4) is 0 Å². The van der Waals surface area contributed by atoms with Gasteiger partial charge in [0.25, 0.3) is 0 Å². The summed E-state index contributed by atoms with van der Waals surface area (Å²) in [6.07, 6.45) is 17.8. The number of nitrogen functional groups attached to an aromatic ring is 1. The number of anilines is 1. The molecule has 10 heteroatoms. The molecule has 2 heterocycles. The summed E-state index contributed by atoms with van der Waals surface area (Å²) in [5, 5.41) is 0. The van der Waals surface area contributed by atoms with Gasteiger partial charge in [0.1, 0.15) is 11.6 Å². The highest BCUT2D eigenvalue weighted by Crippen LogP contribution is 2.16. The lowest BCUT2D eigenvalue weighted by Gasteiger charge is -2.20. The van der Waals surface area contributed by atoms with Crippen LogP contribution in [0, 0.1) is 11.8 Å². The number of nitrogens with zero attached hydrogens (tertiary/aromatic N) is 4. The van der Waals surface area contributed by atoms with Gasteiger partial charge in [-0.15, -0.1) is 0 Å². The van der Waals surface area contributed by atoms with Gasteiger partial charge < -0.3 is 25.5 Å². The van der Waals surface area contributed by atoms with Crippen molar-refractivity contribution in [2.24, 2.45) is 17.6 Å². The molecule has 0 amide bonds. The molecular formula is C29H50N6O4. The minimum atomic E-state index is -0.684. The Morgan fingerprint density at radius 3 is 2.23 bits per heavy atom. The van der Waals surface area contributed by atoms with E-state index >= 15 is 0 Å². The van der Waals surface area contributed by atoms with Crippen molar-refractivity contribution in [2.45, 2.75) is 117 Å². The number of imidazole rings is 1. The van der Waals surface area contributed by atoms with Gasteiger partial charge in [0.05, 0.1) is 25.7 Å². The second-order valence-corrected chi connectivity index (χ2v) is 10.9. The number of aromatic nitrogens is 4. The molecule has 2 rings (SSSR count). The maximum absolute atomic E-state index is 12.3. The van der Waals surface area contributed by atoms with E-state index in [-0.39, 0.29) is 37.0 Å². The van der Waals surface area contributed by atoms with Crippen LogP contribution in [0.5, 0.6) is 0 Å². The molecule has 2 atom stereocenters. The van der Waals surface area contributed by atoms with Gasteiger partial charge >= 0.3 is 11.9 Å². The second-order valence-electron chi connectivity index (χ2n) is 10.9. The summed E-state index contributed by atoms with van der Waals surface area (Å²) >= 11 is 0. The molecule has 10 nitrogen and oxygen atoms in total. The average molecular weight is 547 g/mol. The summed E-state index contributed by atoms with van der Waals surface area (Å²) in [5.74, 6) is -0.615. The fourth-order valence-corrected chi connectivity index (χ4v) is 4.42. The van der Waals surface area contributed by atoms with Crippen molar-refractivity contribution >= 4 is 29.1 Å². The predicted molar refractivity (Wildman–Crippen MR) is 154 cm³/mol. The molecule has 0 fully saturated rings. The quantitative estimate of drug-likeness (QED) is 0.159. The van der Waals surface area contributed by atoms with Crippen molar-refractivity contribution in [1.29, 1.82) is 0 Å². The maximum Gasteiger partial charge on any atom is 0.323 e. The Morgan fingerprint density at radius 1 is 0.949 bits per heavy atom. The van der Waals surface area contributed by atoms with Crippen molar-refractivity contribution in [3.05, 3.63) is 12.5 Å². The number of ether oxygens (including phenoxy) is 2. The number of unbranched alkanes of at least 4 members (excludes halogenated alkanes) is 10. The van der Waals surface area contributed by atoms with Gasteiger partial charge in [0.2, 0.25) is 5.95 Å². The van der Waals surface area contributed by atoms with Crippen LogP contribution in [0.1, 0.15) is 104 Å². The summed E-state index contributed by atoms with van der Waals surface area (Å²) in [4.78, 5) is 37.2. The molecule has 0 aliphatic carbocycles. The van der Waals surface area contributed by atoms with Gasteiger partial charge in [-0.05, 0) is 18.8 Å². The minimum Gasteiger partial charge on any atom is -0.466 e. The Hall–Kier alpha value is -2.75. The molecule has 220 valence electrons. The van der Waals surface area contributed by atoms with Gasteiger partial charge in [-0.2, -0.15) is 4.98 Å². The molecule has 0 unspecified atom stereocenters. The first-order valence-corrected chi connectivity index (χ1v) is 14.8. The molecule has 39 heavy (non-hydrogen) atoms. The molecule has 0 saturated carbocycles. The first-order valence-electron chi connectivity index (χ1n) is 14.8. The molecule has 4 N–H and O–H groups in total. The summed E-state index contributed by atoms with van der Waals surface area (Å²) in [6, 6.07) is -0.684. The standard InChI is InChI=1S/C29H50N6O4/c1-4-5-6-7-8-9-10-11-12-13-14-15-25(36)38-17-16-23(20-39-28(37)26(30)22(2)3)19-35-21-33-24-18-32-29(31)34-27(24)35/h18,21-23,26H,4-17,19-20,30H2,1-3H3,(H2,31,32,34)/t23-,26+/m1/s1. The van der Waals surface area contributed by atoms with Crippen molar-refractivity contribution < 1.29 is 19.1 Å². The van der Waals surface area contributed by atoms with Crippen LogP contribution < -0.4 is 11.5 Å². The van der Waals surface area contributed by atoms with Crippen molar-refractivity contribution in [2.75, 3.05) is 18.9 Å². The Morgan fingerprint density at radius 2 is 1.59 bits per heavy atom. The van der Waals surface area contributed by atoms with Crippen molar-refractivity contribution in [3.8, 4) is 0 Å². The first kappa shape index (κ1) is 32.5. The molecule has 0 bridgehead atoms. The molecule has 0 spiro atoms. The van der Waals surface area contributed by atoms with Gasteiger partial charge in [-0.25, -0.2) is 9.97 Å². The van der Waals surface area contributed by atoms with Crippen LogP contribution in [0.4, 0.5) is 5.95 Å². The Labute approximate surface area is 233 Å². The molecule has 0 aliphatic heterocycles. The van der Waals surface area contributed by atoms with E-state index in [1.54, 1.807) is 12.5 Å². The third-order valence-corrected chi connectivity index (χ3v) is 7.06. The Bertz CT molecular complexity index is 980. The number of esters is 2. The van der Waals surface area contributed by atoms with E-state index in [2.05, 4.69) is 21.9 Å². The van der Waals surface area contributed by atoms with E-state index in [0.29, 0.717) is 30.6 Å². The zero-order valence-electron chi connectivity index (χ0n) is 24.3. The Balaban J connectivity index is 1.73. The fraction of sp³-hybridized carbons (Fsp3) is 0.759. The summed E-state index contributed by atoms with van der Waals surface area (Å²) in [6.45, 7) is 6.86. The van der Waals surface area contributed by atoms with E-state index < -0.39 is 12.0 Å². The third kappa shape index (κ3) is 12.8.